The predicted molar refractivity (Wildman–Crippen MR) is 219 cm³/mol. The Bertz CT molecular complexity index is 1670. The Balaban J connectivity index is 1.35. The number of aliphatic hydroxyl groups is 1. The zero-order chi connectivity index (χ0) is 44.9. The number of carbonyl (C=O) groups excluding carboxylic acids is 9. The Morgan fingerprint density at radius 3 is 2.26 bits per heavy atom. The molecule has 3 heterocycles. The largest absolute Gasteiger partial charge is 0.394 e. The van der Waals surface area contributed by atoms with Crippen LogP contribution in [-0.2, 0) is 44.8 Å². The fourth-order valence-electron chi connectivity index (χ4n) is 6.83. The molecule has 2 aliphatic rings. The molecule has 0 saturated carbocycles. The minimum absolute atomic E-state index is 0.0213. The van der Waals surface area contributed by atoms with Gasteiger partial charge in [-0.05, 0) is 44.4 Å². The molecule has 2 fully saturated rings. The van der Waals surface area contributed by atoms with E-state index in [1.165, 1.54) is 18.0 Å². The number of thioether (sulfide) groups is 1. The van der Waals surface area contributed by atoms with Crippen molar-refractivity contribution in [2.24, 2.45) is 17.6 Å². The van der Waals surface area contributed by atoms with Gasteiger partial charge in [-0.25, -0.2) is 15.3 Å². The lowest BCUT2D eigenvalue weighted by Gasteiger charge is -2.24. The second-order valence-corrected chi connectivity index (χ2v) is 16.7. The molecule has 0 aromatic carbocycles. The average molecular weight is 881 g/mol. The van der Waals surface area contributed by atoms with Crippen LogP contribution in [0, 0.1) is 11.8 Å². The van der Waals surface area contributed by atoms with Crippen molar-refractivity contribution < 1.29 is 53.5 Å². The standard InChI is InChI=1S/C37H60N12O11S/c1-20(2)11-21(12-29(52)49-60)34(56)45-24(13-22-14-39-19-43-22)36(58)46-25(17-50)35(57)42-15-30(53)41-16-31(54)44-23(33(38)55)7-5-6-10-40-28(51)9-4-3-8-27-32-26(18-61-27)47-37(59)48-32/h14,19-21,23-27,32,50,60H,3-13,15-18H2,1-2H3,(H2,38,55)(H,39,43)(H,40,51)(H,41,53)(H,42,57)(H,44,54)(H,45,56)(H,46,58)(H,49,52)(H2,47,48,59)/t21?,23-,24-,25-,26-,27-,32-/m0/s1. The molecule has 10 amide bonds. The molecule has 61 heavy (non-hydrogen) atoms. The fourth-order valence-corrected chi connectivity index (χ4v) is 8.37. The van der Waals surface area contributed by atoms with Gasteiger partial charge in [0.05, 0.1) is 38.1 Å². The van der Waals surface area contributed by atoms with Gasteiger partial charge in [0.1, 0.15) is 18.1 Å². The summed E-state index contributed by atoms with van der Waals surface area (Å²) in [4.78, 5) is 119. The van der Waals surface area contributed by atoms with Crippen LogP contribution in [-0.4, -0.2) is 141 Å². The minimum atomic E-state index is -1.56. The van der Waals surface area contributed by atoms with E-state index in [9.17, 15) is 48.3 Å². The zero-order valence-electron chi connectivity index (χ0n) is 34.4. The first-order valence-corrected chi connectivity index (χ1v) is 21.3. The van der Waals surface area contributed by atoms with Gasteiger partial charge in [0.25, 0.3) is 0 Å². The highest BCUT2D eigenvalue weighted by atomic mass is 32.2. The second kappa shape index (κ2) is 26.0. The molecular formula is C37H60N12O11S. The van der Waals surface area contributed by atoms with E-state index in [0.29, 0.717) is 36.8 Å². The van der Waals surface area contributed by atoms with E-state index < -0.39 is 85.1 Å². The van der Waals surface area contributed by atoms with E-state index >= 15 is 0 Å². The lowest BCUT2D eigenvalue weighted by Crippen LogP contribution is -2.57. The first kappa shape index (κ1) is 49.9. The molecule has 1 aromatic heterocycles. The highest BCUT2D eigenvalue weighted by molar-refractivity contribution is 8.00. The molecule has 340 valence electrons. The number of aromatic nitrogens is 2. The SMILES string of the molecule is CC(C)CC(CC(=O)NO)C(=O)N[C@@H](Cc1cnc[nH]1)C(=O)N[C@@H](CO)C(=O)NCC(=O)NCC(=O)N[C@@H](CCCCNC(=O)CCCC[C@@H]1SC[C@@H]2NC(=O)N[C@@H]21)C(N)=O. The lowest BCUT2D eigenvalue weighted by atomic mass is 9.92. The Morgan fingerprint density at radius 1 is 0.852 bits per heavy atom. The molecule has 14 N–H and O–H groups in total. The van der Waals surface area contributed by atoms with Crippen LogP contribution in [0.4, 0.5) is 4.79 Å². The van der Waals surface area contributed by atoms with Gasteiger partial charge in [-0.2, -0.15) is 11.8 Å². The van der Waals surface area contributed by atoms with Crippen molar-refractivity contribution in [2.75, 3.05) is 32.0 Å². The molecule has 1 aromatic rings. The van der Waals surface area contributed by atoms with Crippen molar-refractivity contribution >= 4 is 65.1 Å². The normalized spacial score (nSPS) is 18.6. The number of urea groups is 1. The maximum absolute atomic E-state index is 13.3. The molecule has 2 saturated heterocycles. The maximum atomic E-state index is 13.3. The number of H-pyrrole nitrogens is 1. The number of primary amides is 1. The lowest BCUT2D eigenvalue weighted by molar-refractivity contribution is -0.137. The summed E-state index contributed by atoms with van der Waals surface area (Å²) in [5, 5.41) is 39.8. The van der Waals surface area contributed by atoms with Gasteiger partial charge >= 0.3 is 6.03 Å². The third kappa shape index (κ3) is 17.9. The fraction of sp³-hybridized carbons (Fsp3) is 0.676. The van der Waals surface area contributed by atoms with Crippen molar-refractivity contribution in [3.05, 3.63) is 18.2 Å². The Hall–Kier alpha value is -5.49. The number of fused-ring (bicyclic) bond motifs is 1. The number of hydroxylamine groups is 1. The predicted octanol–water partition coefficient (Wildman–Crippen LogP) is -3.31. The van der Waals surface area contributed by atoms with Gasteiger partial charge in [-0.1, -0.05) is 20.3 Å². The smallest absolute Gasteiger partial charge is 0.315 e. The van der Waals surface area contributed by atoms with E-state index in [1.807, 2.05) is 25.6 Å². The van der Waals surface area contributed by atoms with Crippen molar-refractivity contribution in [3.63, 3.8) is 0 Å². The second-order valence-electron chi connectivity index (χ2n) is 15.4. The van der Waals surface area contributed by atoms with Crippen LogP contribution in [0.1, 0.15) is 77.3 Å². The first-order chi connectivity index (χ1) is 29.1. The summed E-state index contributed by atoms with van der Waals surface area (Å²) < 4.78 is 0. The number of aromatic amines is 1. The summed E-state index contributed by atoms with van der Waals surface area (Å²) >= 11 is 1.83. The molecule has 7 atom stereocenters. The highest BCUT2D eigenvalue weighted by Gasteiger charge is 2.42. The minimum Gasteiger partial charge on any atom is -0.394 e. The highest BCUT2D eigenvalue weighted by Crippen LogP contribution is 2.33. The van der Waals surface area contributed by atoms with Crippen LogP contribution < -0.4 is 53.7 Å². The summed E-state index contributed by atoms with van der Waals surface area (Å²) in [6.45, 7) is 1.92. The molecule has 2 aliphatic heterocycles. The van der Waals surface area contributed by atoms with E-state index in [4.69, 9.17) is 10.9 Å². The van der Waals surface area contributed by atoms with Gasteiger partial charge < -0.3 is 58.4 Å². The molecular weight excluding hydrogens is 821 g/mol. The average Bonchev–Trinajstić information content (AvgIpc) is 3.96. The zero-order valence-corrected chi connectivity index (χ0v) is 35.2. The van der Waals surface area contributed by atoms with Crippen molar-refractivity contribution in [1.82, 2.24) is 58.0 Å². The monoisotopic (exact) mass is 880 g/mol. The summed E-state index contributed by atoms with van der Waals surface area (Å²) in [7, 11) is 0. The number of amides is 10. The van der Waals surface area contributed by atoms with Gasteiger partial charge in [-0.15, -0.1) is 0 Å². The van der Waals surface area contributed by atoms with Crippen LogP contribution >= 0.6 is 11.8 Å². The Kier molecular flexibility index (Phi) is 21.2. The summed E-state index contributed by atoms with van der Waals surface area (Å²) in [5.41, 5.74) is 7.39. The molecule has 24 heteroatoms. The van der Waals surface area contributed by atoms with Crippen LogP contribution in [0.5, 0.6) is 0 Å². The van der Waals surface area contributed by atoms with E-state index in [2.05, 4.69) is 52.5 Å². The third-order valence-corrected chi connectivity index (χ3v) is 11.5. The molecule has 1 unspecified atom stereocenters. The Labute approximate surface area is 357 Å². The summed E-state index contributed by atoms with van der Waals surface area (Å²) in [5.74, 6) is -5.76. The maximum Gasteiger partial charge on any atom is 0.315 e. The molecule has 23 nitrogen and oxygen atoms in total. The molecule has 3 rings (SSSR count). The van der Waals surface area contributed by atoms with Gasteiger partial charge in [0, 0.05) is 54.6 Å². The van der Waals surface area contributed by atoms with E-state index in [1.54, 1.807) is 0 Å². The quantitative estimate of drug-likeness (QED) is 0.0170. The van der Waals surface area contributed by atoms with Crippen LogP contribution in [0.2, 0.25) is 0 Å². The number of carbonyl (C=O) groups is 9. The number of nitrogens with zero attached hydrogens (tertiary/aromatic N) is 1. The molecule has 0 radical (unpaired) electrons. The van der Waals surface area contributed by atoms with Gasteiger partial charge in [-0.3, -0.25) is 43.6 Å². The van der Waals surface area contributed by atoms with Crippen LogP contribution in [0.3, 0.4) is 0 Å². The van der Waals surface area contributed by atoms with Crippen LogP contribution in [0.25, 0.3) is 0 Å². The number of hydrogen-bond donors (Lipinski definition) is 13. The van der Waals surface area contributed by atoms with E-state index in [-0.39, 0.29) is 55.6 Å². The van der Waals surface area contributed by atoms with E-state index in [0.717, 1.165) is 25.0 Å². The number of rotatable bonds is 28. The first-order valence-electron chi connectivity index (χ1n) is 20.3. The number of nitrogens with one attached hydrogen (secondary N) is 10. The number of unbranched alkanes of at least 4 members (excludes halogenated alkanes) is 2. The third-order valence-electron chi connectivity index (χ3n) is 9.98. The number of hydrogen-bond acceptors (Lipinski definition) is 13. The van der Waals surface area contributed by atoms with Crippen molar-refractivity contribution in [1.29, 1.82) is 0 Å². The van der Waals surface area contributed by atoms with Gasteiger partial charge in [0.2, 0.25) is 47.3 Å². The molecule has 0 spiro atoms. The number of nitrogens with two attached hydrogens (primary N) is 1. The van der Waals surface area contributed by atoms with Crippen molar-refractivity contribution in [3.8, 4) is 0 Å². The van der Waals surface area contributed by atoms with Crippen LogP contribution in [0.15, 0.2) is 12.5 Å². The summed E-state index contributed by atoms with van der Waals surface area (Å²) in [6, 6.07) is -3.73. The number of imidazole rings is 1. The van der Waals surface area contributed by atoms with Crippen molar-refractivity contribution in [2.45, 2.75) is 114 Å². The topological polar surface area (TPSA) is 357 Å². The molecule has 0 aliphatic carbocycles. The number of aliphatic hydroxyl groups excluding tert-OH is 1. The Morgan fingerprint density at radius 2 is 1.59 bits per heavy atom. The summed E-state index contributed by atoms with van der Waals surface area (Å²) in [6.07, 6.45) is 6.58. The van der Waals surface area contributed by atoms with Gasteiger partial charge in [0.15, 0.2) is 0 Å². The molecule has 0 bridgehead atoms.